The predicted octanol–water partition coefficient (Wildman–Crippen LogP) is 1.97. The Morgan fingerprint density at radius 1 is 1.13 bits per heavy atom. The lowest BCUT2D eigenvalue weighted by atomic mass is 10.0. The molecule has 160 valence electrons. The van der Waals surface area contributed by atoms with Crippen LogP contribution < -0.4 is 4.90 Å². The van der Waals surface area contributed by atoms with E-state index in [0.717, 1.165) is 46.9 Å². The minimum absolute atomic E-state index is 0.00297. The van der Waals surface area contributed by atoms with Crippen molar-refractivity contribution in [3.63, 3.8) is 0 Å². The molecule has 8 nitrogen and oxygen atoms in total. The molecule has 3 aromatic rings. The smallest absolute Gasteiger partial charge is 0.255 e. The molecule has 1 fully saturated rings. The van der Waals surface area contributed by atoms with Crippen molar-refractivity contribution < 1.29 is 14.6 Å². The predicted molar refractivity (Wildman–Crippen MR) is 115 cm³/mol. The Hall–Kier alpha value is -3.23. The molecular formula is C23H25N5O3. The largest absolute Gasteiger partial charge is 0.392 e. The molecular weight excluding hydrogens is 394 g/mol. The number of ether oxygens (including phenoxy) is 1. The highest BCUT2D eigenvalue weighted by Gasteiger charge is 2.32. The van der Waals surface area contributed by atoms with Gasteiger partial charge in [0.25, 0.3) is 5.91 Å². The number of benzene rings is 1. The molecule has 31 heavy (non-hydrogen) atoms. The summed E-state index contributed by atoms with van der Waals surface area (Å²) in [5, 5.41) is 13.6. The Bertz CT molecular complexity index is 1100. The highest BCUT2D eigenvalue weighted by molar-refractivity contribution is 6.01. The molecule has 0 radical (unpaired) electrons. The summed E-state index contributed by atoms with van der Waals surface area (Å²) in [4.78, 5) is 22.3. The van der Waals surface area contributed by atoms with E-state index in [1.54, 1.807) is 10.9 Å². The Morgan fingerprint density at radius 2 is 1.90 bits per heavy atom. The van der Waals surface area contributed by atoms with Crippen molar-refractivity contribution >= 4 is 11.7 Å². The third-order valence-electron chi connectivity index (χ3n) is 5.85. The summed E-state index contributed by atoms with van der Waals surface area (Å²) in [5.74, 6) is 0.823. The number of amides is 1. The van der Waals surface area contributed by atoms with Gasteiger partial charge in [-0.2, -0.15) is 5.10 Å². The van der Waals surface area contributed by atoms with Gasteiger partial charge in [0.2, 0.25) is 0 Å². The van der Waals surface area contributed by atoms with Crippen LogP contribution in [0.5, 0.6) is 0 Å². The van der Waals surface area contributed by atoms with Crippen LogP contribution in [0.25, 0.3) is 11.3 Å². The zero-order valence-corrected chi connectivity index (χ0v) is 17.5. The summed E-state index contributed by atoms with van der Waals surface area (Å²) in [7, 11) is 1.87. The van der Waals surface area contributed by atoms with Crippen molar-refractivity contribution in [3.8, 4) is 11.3 Å². The van der Waals surface area contributed by atoms with Crippen molar-refractivity contribution in [1.29, 1.82) is 0 Å². The van der Waals surface area contributed by atoms with E-state index in [1.807, 2.05) is 48.5 Å². The molecule has 5 rings (SSSR count). The monoisotopic (exact) mass is 419 g/mol. The highest BCUT2D eigenvalue weighted by atomic mass is 16.5. The van der Waals surface area contributed by atoms with Gasteiger partial charge >= 0.3 is 0 Å². The van der Waals surface area contributed by atoms with Gasteiger partial charge in [0.05, 0.1) is 37.3 Å². The topological polar surface area (TPSA) is 83.7 Å². The fraction of sp³-hybridized carbons (Fsp3) is 0.348. The normalized spacial score (nSPS) is 16.1. The lowest BCUT2D eigenvalue weighted by Crippen LogP contribution is -2.37. The maximum absolute atomic E-state index is 13.3. The number of nitrogens with zero attached hydrogens (tertiary/aromatic N) is 5. The molecule has 4 heterocycles. The Balaban J connectivity index is 1.54. The van der Waals surface area contributed by atoms with Crippen LogP contribution in [0.3, 0.4) is 0 Å². The first-order valence-corrected chi connectivity index (χ1v) is 10.5. The molecule has 2 aromatic heterocycles. The van der Waals surface area contributed by atoms with Crippen LogP contribution in [0.2, 0.25) is 0 Å². The molecule has 0 saturated carbocycles. The number of carbonyl (C=O) groups excluding carboxylic acids is 1. The third kappa shape index (κ3) is 3.80. The number of pyridine rings is 1. The second kappa shape index (κ2) is 8.13. The van der Waals surface area contributed by atoms with E-state index in [1.165, 1.54) is 0 Å². The fourth-order valence-electron chi connectivity index (χ4n) is 4.20. The molecule has 1 amide bonds. The molecule has 0 bridgehead atoms. The van der Waals surface area contributed by atoms with Crippen LogP contribution >= 0.6 is 0 Å². The minimum atomic E-state index is -0.00297. The average Bonchev–Trinajstić information content (AvgIpc) is 3.36. The van der Waals surface area contributed by atoms with Crippen LogP contribution in [0.1, 0.15) is 27.0 Å². The number of carbonyl (C=O) groups is 1. The summed E-state index contributed by atoms with van der Waals surface area (Å²) in [6, 6.07) is 9.65. The molecule has 2 aliphatic heterocycles. The number of rotatable bonds is 5. The minimum Gasteiger partial charge on any atom is -0.392 e. The van der Waals surface area contributed by atoms with E-state index in [4.69, 9.17) is 9.72 Å². The summed E-state index contributed by atoms with van der Waals surface area (Å²) < 4.78 is 7.23. The fourth-order valence-corrected chi connectivity index (χ4v) is 4.20. The Morgan fingerprint density at radius 3 is 2.58 bits per heavy atom. The first kappa shape index (κ1) is 19.7. The second-order valence-electron chi connectivity index (χ2n) is 7.99. The van der Waals surface area contributed by atoms with E-state index in [9.17, 15) is 9.90 Å². The van der Waals surface area contributed by atoms with Crippen LogP contribution in [0.15, 0.2) is 42.7 Å². The molecule has 0 unspecified atom stereocenters. The van der Waals surface area contributed by atoms with E-state index in [-0.39, 0.29) is 12.5 Å². The molecule has 0 aliphatic carbocycles. The van der Waals surface area contributed by atoms with Crippen LogP contribution in [0, 0.1) is 0 Å². The van der Waals surface area contributed by atoms with Crippen molar-refractivity contribution in [3.05, 3.63) is 65.0 Å². The molecule has 1 saturated heterocycles. The summed E-state index contributed by atoms with van der Waals surface area (Å²) in [6.07, 6.45) is 3.73. The zero-order valence-electron chi connectivity index (χ0n) is 17.5. The van der Waals surface area contributed by atoms with Crippen LogP contribution in [-0.2, 0) is 31.5 Å². The lowest BCUT2D eigenvalue weighted by molar-refractivity contribution is 0.0766. The van der Waals surface area contributed by atoms with Gasteiger partial charge in [-0.25, -0.2) is 4.98 Å². The van der Waals surface area contributed by atoms with Crippen molar-refractivity contribution in [2.24, 2.45) is 7.05 Å². The van der Waals surface area contributed by atoms with Crippen molar-refractivity contribution in [2.75, 3.05) is 31.2 Å². The van der Waals surface area contributed by atoms with Gasteiger partial charge in [-0.05, 0) is 11.6 Å². The second-order valence-corrected chi connectivity index (χ2v) is 7.99. The first-order valence-electron chi connectivity index (χ1n) is 10.5. The number of morpholine rings is 1. The van der Waals surface area contributed by atoms with E-state index >= 15 is 0 Å². The summed E-state index contributed by atoms with van der Waals surface area (Å²) >= 11 is 0. The number of aromatic nitrogens is 3. The lowest BCUT2D eigenvalue weighted by Gasteiger charge is -2.28. The third-order valence-corrected chi connectivity index (χ3v) is 5.85. The molecule has 1 aromatic carbocycles. The first-order chi connectivity index (χ1) is 15.1. The van der Waals surface area contributed by atoms with Crippen molar-refractivity contribution in [2.45, 2.75) is 19.7 Å². The number of aliphatic hydroxyl groups is 1. The van der Waals surface area contributed by atoms with Crippen LogP contribution in [0.4, 0.5) is 5.82 Å². The van der Waals surface area contributed by atoms with Gasteiger partial charge in [-0.1, -0.05) is 24.3 Å². The standard InChI is InChI=1S/C23H25N5O3/c1-26-12-17(11-24-26)13-28-14-20-19(23(28)30)10-21(27-6-8-31-9-7-27)25-22(20)18-4-2-16(15-29)3-5-18/h2-5,10-12,29H,6-9,13-15H2,1H3. The number of aliphatic hydroxyl groups excluding tert-OH is 1. The molecule has 0 spiro atoms. The molecule has 8 heteroatoms. The molecule has 2 aliphatic rings. The number of anilines is 1. The number of hydrogen-bond donors (Lipinski definition) is 1. The summed E-state index contributed by atoms with van der Waals surface area (Å²) in [5.41, 5.74) is 5.27. The Labute approximate surface area is 180 Å². The van der Waals surface area contributed by atoms with Gasteiger partial charge in [-0.3, -0.25) is 9.48 Å². The quantitative estimate of drug-likeness (QED) is 0.681. The maximum atomic E-state index is 13.3. The van der Waals surface area contributed by atoms with E-state index in [0.29, 0.717) is 31.9 Å². The maximum Gasteiger partial charge on any atom is 0.255 e. The zero-order chi connectivity index (χ0) is 21.4. The van der Waals surface area contributed by atoms with Gasteiger partial charge < -0.3 is 19.6 Å². The highest BCUT2D eigenvalue weighted by Crippen LogP contribution is 2.35. The molecule has 1 N–H and O–H groups in total. The van der Waals surface area contributed by atoms with Crippen molar-refractivity contribution in [1.82, 2.24) is 19.7 Å². The van der Waals surface area contributed by atoms with Gasteiger partial charge in [0.15, 0.2) is 0 Å². The number of fused-ring (bicyclic) bond motifs is 1. The van der Waals surface area contributed by atoms with E-state index < -0.39 is 0 Å². The van der Waals surface area contributed by atoms with Gasteiger partial charge in [-0.15, -0.1) is 0 Å². The van der Waals surface area contributed by atoms with Gasteiger partial charge in [0.1, 0.15) is 5.82 Å². The Kier molecular flexibility index (Phi) is 5.17. The number of hydrogen-bond acceptors (Lipinski definition) is 6. The summed E-state index contributed by atoms with van der Waals surface area (Å²) in [6.45, 7) is 3.83. The molecule has 0 atom stereocenters. The SMILES string of the molecule is Cn1cc(CN2Cc3c(cc(N4CCOCC4)nc3-c3ccc(CO)cc3)C2=O)cn1. The number of aryl methyl sites for hydroxylation is 1. The van der Waals surface area contributed by atoms with Gasteiger partial charge in [0, 0.05) is 56.1 Å². The van der Waals surface area contributed by atoms with Crippen LogP contribution in [-0.4, -0.2) is 57.0 Å². The van der Waals surface area contributed by atoms with E-state index in [2.05, 4.69) is 10.00 Å². The average molecular weight is 419 g/mol.